The lowest BCUT2D eigenvalue weighted by molar-refractivity contribution is 0.0575. The van der Waals surface area contributed by atoms with Crippen molar-refractivity contribution in [3.05, 3.63) is 34.3 Å². The molecule has 3 rings (SSSR count). The van der Waals surface area contributed by atoms with Crippen molar-refractivity contribution >= 4 is 21.8 Å². The Bertz CT molecular complexity index is 503. The number of hydrogen-bond donors (Lipinski definition) is 1. The molecule has 1 aromatic rings. The summed E-state index contributed by atoms with van der Waals surface area (Å²) in [5.41, 5.74) is 0.737. The van der Waals surface area contributed by atoms with Crippen molar-refractivity contribution in [3.8, 4) is 0 Å². The highest BCUT2D eigenvalue weighted by molar-refractivity contribution is 9.10. The Morgan fingerprint density at radius 2 is 2.10 bits per heavy atom. The van der Waals surface area contributed by atoms with Gasteiger partial charge in [-0.1, -0.05) is 28.4 Å². The molecular weight excluding hydrogens is 328 g/mol. The van der Waals surface area contributed by atoms with Crippen LogP contribution in [0.1, 0.15) is 42.5 Å². The number of carbonyl (C=O) groups is 1. The molecule has 1 amide bonds. The predicted molar refractivity (Wildman–Crippen MR) is 88.4 cm³/mol. The van der Waals surface area contributed by atoms with E-state index in [0.717, 1.165) is 16.6 Å². The topological polar surface area (TPSA) is 32.3 Å². The first-order valence-corrected chi connectivity index (χ1v) is 8.81. The molecule has 0 bridgehead atoms. The maximum Gasteiger partial charge on any atom is 0.251 e. The summed E-state index contributed by atoms with van der Waals surface area (Å²) >= 11 is 3.42. The Morgan fingerprint density at radius 3 is 2.95 bits per heavy atom. The lowest BCUT2D eigenvalue weighted by Gasteiger charge is -2.44. The largest absolute Gasteiger partial charge is 0.352 e. The number of halogens is 1. The molecule has 2 atom stereocenters. The molecule has 2 aliphatic heterocycles. The van der Waals surface area contributed by atoms with Gasteiger partial charge in [0.1, 0.15) is 0 Å². The molecule has 0 aromatic heterocycles. The highest BCUT2D eigenvalue weighted by Crippen LogP contribution is 2.30. The number of benzene rings is 1. The third kappa shape index (κ3) is 3.67. The fraction of sp³-hybridized carbons (Fsp3) is 0.588. The van der Waals surface area contributed by atoms with Gasteiger partial charge in [0.15, 0.2) is 0 Å². The van der Waals surface area contributed by atoms with Crippen LogP contribution in [0.5, 0.6) is 0 Å². The van der Waals surface area contributed by atoms with Crippen molar-refractivity contribution < 1.29 is 4.79 Å². The molecule has 0 unspecified atom stereocenters. The third-order valence-corrected chi connectivity index (χ3v) is 5.33. The van der Waals surface area contributed by atoms with Gasteiger partial charge in [-0.3, -0.25) is 4.79 Å². The van der Waals surface area contributed by atoms with Gasteiger partial charge in [0.05, 0.1) is 0 Å². The molecule has 0 saturated carbocycles. The monoisotopic (exact) mass is 350 g/mol. The quantitative estimate of drug-likeness (QED) is 0.905. The van der Waals surface area contributed by atoms with Crippen molar-refractivity contribution in [1.29, 1.82) is 0 Å². The fourth-order valence-electron chi connectivity index (χ4n) is 3.77. The van der Waals surface area contributed by atoms with Gasteiger partial charge in [0.2, 0.25) is 0 Å². The summed E-state index contributed by atoms with van der Waals surface area (Å²) in [5, 5.41) is 3.14. The summed E-state index contributed by atoms with van der Waals surface area (Å²) in [6.45, 7) is 3.31. The molecule has 3 nitrogen and oxygen atoms in total. The maximum absolute atomic E-state index is 12.3. The summed E-state index contributed by atoms with van der Waals surface area (Å²) in [5.74, 6) is 0.666. The first kappa shape index (κ1) is 15.0. The summed E-state index contributed by atoms with van der Waals surface area (Å²) < 4.78 is 0.950. The summed E-state index contributed by atoms with van der Waals surface area (Å²) in [7, 11) is 0. The first-order valence-electron chi connectivity index (χ1n) is 8.02. The minimum atomic E-state index is 0.0456. The Labute approximate surface area is 135 Å². The zero-order valence-electron chi connectivity index (χ0n) is 12.4. The van der Waals surface area contributed by atoms with E-state index in [1.165, 1.54) is 45.2 Å². The Balaban J connectivity index is 1.57. The van der Waals surface area contributed by atoms with E-state index in [-0.39, 0.29) is 5.91 Å². The Kier molecular flexibility index (Phi) is 4.96. The second-order valence-electron chi connectivity index (χ2n) is 6.22. The normalized spacial score (nSPS) is 26.1. The van der Waals surface area contributed by atoms with Gasteiger partial charge in [-0.25, -0.2) is 0 Å². The van der Waals surface area contributed by atoms with Gasteiger partial charge >= 0.3 is 0 Å². The molecule has 0 radical (unpaired) electrons. The van der Waals surface area contributed by atoms with Crippen LogP contribution in [0.25, 0.3) is 0 Å². The van der Waals surface area contributed by atoms with Crippen LogP contribution in [0.2, 0.25) is 0 Å². The smallest absolute Gasteiger partial charge is 0.251 e. The number of carbonyl (C=O) groups excluding carboxylic acids is 1. The molecule has 2 heterocycles. The van der Waals surface area contributed by atoms with E-state index in [4.69, 9.17) is 0 Å². The van der Waals surface area contributed by atoms with E-state index >= 15 is 0 Å². The van der Waals surface area contributed by atoms with Crippen LogP contribution < -0.4 is 5.32 Å². The predicted octanol–water partition coefficient (Wildman–Crippen LogP) is 3.44. The molecule has 4 heteroatoms. The number of nitrogens with zero attached hydrogens (tertiary/aromatic N) is 1. The van der Waals surface area contributed by atoms with Crippen molar-refractivity contribution in [3.63, 3.8) is 0 Å². The summed E-state index contributed by atoms with van der Waals surface area (Å²) in [6.07, 6.45) is 6.51. The highest BCUT2D eigenvalue weighted by atomic mass is 79.9. The van der Waals surface area contributed by atoms with Gasteiger partial charge in [0.25, 0.3) is 5.91 Å². The Morgan fingerprint density at radius 1 is 1.24 bits per heavy atom. The van der Waals surface area contributed by atoms with E-state index in [0.29, 0.717) is 12.0 Å². The molecule has 1 N–H and O–H groups in total. The minimum absolute atomic E-state index is 0.0456. The van der Waals surface area contributed by atoms with Crippen LogP contribution in [0.3, 0.4) is 0 Å². The van der Waals surface area contributed by atoms with Crippen LogP contribution in [0.4, 0.5) is 0 Å². The van der Waals surface area contributed by atoms with Crippen LogP contribution in [-0.4, -0.2) is 36.5 Å². The molecular formula is C17H23BrN2O. The first-order chi connectivity index (χ1) is 10.2. The average molecular weight is 351 g/mol. The van der Waals surface area contributed by atoms with Crippen molar-refractivity contribution in [2.24, 2.45) is 5.92 Å². The molecule has 2 fully saturated rings. The van der Waals surface area contributed by atoms with E-state index in [1.807, 2.05) is 24.3 Å². The van der Waals surface area contributed by atoms with Gasteiger partial charge in [-0.2, -0.15) is 0 Å². The second kappa shape index (κ2) is 6.93. The lowest BCUT2D eigenvalue weighted by atomic mass is 9.83. The van der Waals surface area contributed by atoms with Crippen LogP contribution in [0, 0.1) is 5.92 Å². The Hall–Kier alpha value is -0.870. The van der Waals surface area contributed by atoms with Gasteiger partial charge in [-0.15, -0.1) is 0 Å². The number of fused-ring (bicyclic) bond motifs is 1. The van der Waals surface area contributed by atoms with Crippen molar-refractivity contribution in [1.82, 2.24) is 10.2 Å². The zero-order valence-corrected chi connectivity index (χ0v) is 13.9. The number of rotatable bonds is 3. The molecule has 0 aliphatic carbocycles. The van der Waals surface area contributed by atoms with E-state index in [1.54, 1.807) is 0 Å². The number of nitrogens with one attached hydrogen (secondary N) is 1. The van der Waals surface area contributed by atoms with Crippen molar-refractivity contribution in [2.75, 3.05) is 19.6 Å². The SMILES string of the molecule is O=C(NC[C@@H]1CCCN2CCCC[C@H]12)c1cccc(Br)c1. The van der Waals surface area contributed by atoms with Crippen LogP contribution >= 0.6 is 15.9 Å². The molecule has 114 valence electrons. The van der Waals surface area contributed by atoms with E-state index in [9.17, 15) is 4.79 Å². The minimum Gasteiger partial charge on any atom is -0.352 e. The molecule has 1 aromatic carbocycles. The van der Waals surface area contributed by atoms with Gasteiger partial charge in [0, 0.05) is 22.6 Å². The highest BCUT2D eigenvalue weighted by Gasteiger charge is 2.32. The lowest BCUT2D eigenvalue weighted by Crippen LogP contribution is -2.51. The van der Waals surface area contributed by atoms with Gasteiger partial charge in [-0.05, 0) is 62.9 Å². The number of piperidine rings is 2. The fourth-order valence-corrected chi connectivity index (χ4v) is 4.17. The standard InChI is InChI=1S/C17H23BrN2O/c18-15-7-3-5-13(11-15)17(21)19-12-14-6-4-10-20-9-2-1-8-16(14)20/h3,5,7,11,14,16H,1-2,4,6,8-10,12H2,(H,19,21)/t14-,16+/m0/s1. The molecule has 2 saturated heterocycles. The molecule has 2 aliphatic rings. The summed E-state index contributed by atoms with van der Waals surface area (Å²) in [6, 6.07) is 8.28. The van der Waals surface area contributed by atoms with Crippen molar-refractivity contribution in [2.45, 2.75) is 38.1 Å². The van der Waals surface area contributed by atoms with E-state index < -0.39 is 0 Å². The van der Waals surface area contributed by atoms with Gasteiger partial charge < -0.3 is 10.2 Å². The second-order valence-corrected chi connectivity index (χ2v) is 7.14. The number of hydrogen-bond acceptors (Lipinski definition) is 2. The number of amides is 1. The van der Waals surface area contributed by atoms with Crippen LogP contribution in [0.15, 0.2) is 28.7 Å². The third-order valence-electron chi connectivity index (χ3n) is 4.84. The van der Waals surface area contributed by atoms with Crippen LogP contribution in [-0.2, 0) is 0 Å². The molecule has 0 spiro atoms. The summed E-state index contributed by atoms with van der Waals surface area (Å²) in [4.78, 5) is 14.9. The maximum atomic E-state index is 12.3. The van der Waals surface area contributed by atoms with E-state index in [2.05, 4.69) is 26.1 Å². The average Bonchev–Trinajstić information content (AvgIpc) is 2.52. The zero-order chi connectivity index (χ0) is 14.7. The molecule has 21 heavy (non-hydrogen) atoms.